The molecular weight excluding hydrogens is 485 g/mol. The number of benzene rings is 2. The summed E-state index contributed by atoms with van der Waals surface area (Å²) in [5.74, 6) is 0. The lowest BCUT2D eigenvalue weighted by Crippen LogP contribution is -2.23. The number of anilines is 2. The number of non-ortho nitro benzene ring substituents is 1. The zero-order valence-electron chi connectivity index (χ0n) is 14.1. The molecule has 0 aromatic heterocycles. The molecule has 2 aromatic rings. The number of halogens is 7. The number of rotatable bonds is 5. The van der Waals surface area contributed by atoms with Crippen molar-refractivity contribution in [1.29, 1.82) is 0 Å². The van der Waals surface area contributed by atoms with E-state index >= 15 is 0 Å². The molecule has 0 aliphatic heterocycles. The maximum absolute atomic E-state index is 13.7. The minimum Gasteiger partial charge on any atom is -0.333 e. The fourth-order valence-electron chi connectivity index (χ4n) is 2.58. The molecular formula is C15H8Cl4F3N3O4. The Morgan fingerprint density at radius 1 is 0.931 bits per heavy atom. The van der Waals surface area contributed by atoms with Gasteiger partial charge in [-0.15, -0.1) is 0 Å². The van der Waals surface area contributed by atoms with Crippen LogP contribution >= 0.6 is 46.4 Å². The predicted octanol–water partition coefficient (Wildman–Crippen LogP) is 7.29. The topological polar surface area (TPSA) is 89.5 Å². The molecule has 0 aliphatic carbocycles. The summed E-state index contributed by atoms with van der Waals surface area (Å²) >= 11 is 24.0. The first-order valence-corrected chi connectivity index (χ1v) is 8.96. The Balaban J connectivity index is 3.00. The summed E-state index contributed by atoms with van der Waals surface area (Å²) in [5.41, 5.74) is -5.12. The van der Waals surface area contributed by atoms with Gasteiger partial charge in [-0.1, -0.05) is 46.4 Å². The van der Waals surface area contributed by atoms with E-state index in [1.54, 1.807) is 0 Å². The largest absolute Gasteiger partial charge is 0.418 e. The van der Waals surface area contributed by atoms with E-state index in [1.807, 2.05) is 0 Å². The molecule has 0 aliphatic rings. The van der Waals surface area contributed by atoms with Gasteiger partial charge in [-0.25, -0.2) is 0 Å². The van der Waals surface area contributed by atoms with Crippen LogP contribution in [0.5, 0.6) is 0 Å². The number of alkyl halides is 3. The highest BCUT2D eigenvalue weighted by molar-refractivity contribution is 6.51. The van der Waals surface area contributed by atoms with Crippen molar-refractivity contribution >= 4 is 69.2 Å². The molecule has 0 radical (unpaired) electrons. The third-order valence-electron chi connectivity index (χ3n) is 3.73. The Hall–Kier alpha value is -2.01. The fraction of sp³-hybridized carbons (Fsp3) is 0.200. The van der Waals surface area contributed by atoms with Gasteiger partial charge < -0.3 is 4.90 Å². The minimum atomic E-state index is -5.17. The zero-order valence-corrected chi connectivity index (χ0v) is 17.1. The van der Waals surface area contributed by atoms with Crippen molar-refractivity contribution in [2.45, 2.75) is 13.1 Å². The Kier molecular flexibility index (Phi) is 6.73. The average Bonchev–Trinajstić information content (AvgIpc) is 2.61. The van der Waals surface area contributed by atoms with Crippen LogP contribution in [-0.2, 0) is 6.18 Å². The summed E-state index contributed by atoms with van der Waals surface area (Å²) in [6, 6.07) is 1.73. The second kappa shape index (κ2) is 8.39. The van der Waals surface area contributed by atoms with Crippen molar-refractivity contribution in [3.63, 3.8) is 0 Å². The quantitative estimate of drug-likeness (QED) is 0.189. The second-order valence-corrected chi connectivity index (χ2v) is 7.00. The van der Waals surface area contributed by atoms with Crippen molar-refractivity contribution in [2.75, 3.05) is 11.4 Å². The molecule has 7 nitrogen and oxygen atoms in total. The van der Waals surface area contributed by atoms with Crippen molar-refractivity contribution in [3.8, 4) is 0 Å². The van der Waals surface area contributed by atoms with E-state index in [2.05, 4.69) is 0 Å². The SMILES string of the molecule is CCN(c1c([N+](=O)[O-])cc([N+](=O)[O-])cc1C(F)(F)F)c1c(Cl)cc(Cl)c(Cl)c1Cl. The average molecular weight is 493 g/mol. The molecule has 2 rings (SSSR count). The van der Waals surface area contributed by atoms with Crippen LogP contribution in [0.4, 0.5) is 35.9 Å². The molecule has 156 valence electrons. The van der Waals surface area contributed by atoms with Gasteiger partial charge in [-0.05, 0) is 13.0 Å². The summed E-state index contributed by atoms with van der Waals surface area (Å²) < 4.78 is 41.1. The van der Waals surface area contributed by atoms with Crippen LogP contribution in [-0.4, -0.2) is 16.4 Å². The normalized spacial score (nSPS) is 11.4. The molecule has 0 N–H and O–H groups in total. The zero-order chi connectivity index (χ0) is 22.3. The van der Waals surface area contributed by atoms with Gasteiger partial charge in [0.25, 0.3) is 11.4 Å². The summed E-state index contributed by atoms with van der Waals surface area (Å²) in [7, 11) is 0. The van der Waals surface area contributed by atoms with Crippen molar-refractivity contribution in [2.24, 2.45) is 0 Å². The summed E-state index contributed by atoms with van der Waals surface area (Å²) in [4.78, 5) is 21.0. The highest BCUT2D eigenvalue weighted by Gasteiger charge is 2.42. The van der Waals surface area contributed by atoms with Gasteiger partial charge in [0.2, 0.25) is 0 Å². The lowest BCUT2D eigenvalue weighted by Gasteiger charge is -2.28. The first kappa shape index (κ1) is 23.3. The van der Waals surface area contributed by atoms with Crippen molar-refractivity contribution in [1.82, 2.24) is 0 Å². The van der Waals surface area contributed by atoms with E-state index in [0.29, 0.717) is 6.07 Å². The summed E-state index contributed by atoms with van der Waals surface area (Å²) in [6.45, 7) is 1.10. The maximum atomic E-state index is 13.7. The molecule has 0 fully saturated rings. The second-order valence-electron chi connectivity index (χ2n) is 5.43. The van der Waals surface area contributed by atoms with E-state index in [0.717, 1.165) is 11.0 Å². The highest BCUT2D eigenvalue weighted by atomic mass is 35.5. The van der Waals surface area contributed by atoms with Gasteiger partial charge in [0.1, 0.15) is 5.69 Å². The first-order chi connectivity index (χ1) is 13.3. The summed E-state index contributed by atoms with van der Waals surface area (Å²) in [6.07, 6.45) is -5.17. The van der Waals surface area contributed by atoms with Crippen LogP contribution in [0.15, 0.2) is 18.2 Å². The number of nitro benzene ring substituents is 2. The Bertz CT molecular complexity index is 1020. The Morgan fingerprint density at radius 2 is 1.52 bits per heavy atom. The smallest absolute Gasteiger partial charge is 0.333 e. The van der Waals surface area contributed by atoms with Gasteiger partial charge in [0.15, 0.2) is 0 Å². The lowest BCUT2D eigenvalue weighted by atomic mass is 10.1. The van der Waals surface area contributed by atoms with Gasteiger partial charge in [-0.3, -0.25) is 20.2 Å². The standard InChI is InChI=1S/C15H8Cl4F3N3O4/c1-2-23(14-9(17)5-8(16)11(18)12(14)19)13-7(15(20,21)22)3-6(24(26)27)4-10(13)25(28)29/h3-5H,2H2,1H3. The van der Waals surface area contributed by atoms with Crippen LogP contribution in [0.1, 0.15) is 12.5 Å². The van der Waals surface area contributed by atoms with Crippen LogP contribution in [0.25, 0.3) is 0 Å². The lowest BCUT2D eigenvalue weighted by molar-refractivity contribution is -0.394. The number of nitro groups is 2. The van der Waals surface area contributed by atoms with Gasteiger partial charge >= 0.3 is 6.18 Å². The molecule has 0 spiro atoms. The molecule has 0 amide bonds. The van der Waals surface area contributed by atoms with E-state index in [9.17, 15) is 33.4 Å². The maximum Gasteiger partial charge on any atom is 0.418 e. The van der Waals surface area contributed by atoms with Crippen molar-refractivity contribution < 1.29 is 23.0 Å². The molecule has 2 aromatic carbocycles. The van der Waals surface area contributed by atoms with E-state index < -0.39 is 38.6 Å². The summed E-state index contributed by atoms with van der Waals surface area (Å²) in [5, 5.41) is 21.6. The Morgan fingerprint density at radius 3 is 1.97 bits per heavy atom. The predicted molar refractivity (Wildman–Crippen MR) is 104 cm³/mol. The molecule has 14 heteroatoms. The van der Waals surface area contributed by atoms with Crippen LogP contribution in [0, 0.1) is 20.2 Å². The minimum absolute atomic E-state index is 0.0873. The molecule has 29 heavy (non-hydrogen) atoms. The fourth-order valence-corrected chi connectivity index (χ4v) is 3.69. The Labute approximate surface area is 180 Å². The number of hydrogen-bond donors (Lipinski definition) is 0. The van der Waals surface area contributed by atoms with Gasteiger partial charge in [0, 0.05) is 12.6 Å². The van der Waals surface area contributed by atoms with Crippen molar-refractivity contribution in [3.05, 3.63) is 64.1 Å². The van der Waals surface area contributed by atoms with Crippen LogP contribution < -0.4 is 4.90 Å². The van der Waals surface area contributed by atoms with Gasteiger partial charge in [-0.2, -0.15) is 13.2 Å². The van der Waals surface area contributed by atoms with E-state index in [-0.39, 0.29) is 38.4 Å². The monoisotopic (exact) mass is 491 g/mol. The molecule has 0 atom stereocenters. The molecule has 0 heterocycles. The number of nitrogens with zero attached hydrogens (tertiary/aromatic N) is 3. The molecule has 0 saturated heterocycles. The number of hydrogen-bond acceptors (Lipinski definition) is 5. The third-order valence-corrected chi connectivity index (χ3v) is 5.27. The van der Waals surface area contributed by atoms with Crippen LogP contribution in [0.3, 0.4) is 0 Å². The molecule has 0 saturated carbocycles. The highest BCUT2D eigenvalue weighted by Crippen LogP contribution is 2.51. The molecule has 0 bridgehead atoms. The molecule has 0 unspecified atom stereocenters. The van der Waals surface area contributed by atoms with E-state index in [1.165, 1.54) is 6.92 Å². The van der Waals surface area contributed by atoms with Crippen LogP contribution in [0.2, 0.25) is 20.1 Å². The third kappa shape index (κ3) is 4.45. The van der Waals surface area contributed by atoms with Gasteiger partial charge in [0.05, 0.1) is 47.3 Å². The van der Waals surface area contributed by atoms with E-state index in [4.69, 9.17) is 46.4 Å². The first-order valence-electron chi connectivity index (χ1n) is 7.45.